The van der Waals surface area contributed by atoms with Gasteiger partial charge in [-0.1, -0.05) is 13.0 Å². The molecule has 1 unspecified atom stereocenters. The number of rotatable bonds is 3. The molecule has 0 aliphatic carbocycles. The Kier molecular flexibility index (Phi) is 3.94. The van der Waals surface area contributed by atoms with Crippen molar-refractivity contribution < 1.29 is 0 Å². The van der Waals surface area contributed by atoms with E-state index in [9.17, 15) is 0 Å². The number of nitrogens with zero attached hydrogens (tertiary/aromatic N) is 4. The van der Waals surface area contributed by atoms with Crippen LogP contribution in [0.5, 0.6) is 0 Å². The number of nitrogens with two attached hydrogens (primary N) is 1. The van der Waals surface area contributed by atoms with Crippen molar-refractivity contribution in [3.8, 4) is 11.4 Å². The highest BCUT2D eigenvalue weighted by atomic mass is 15.2. The van der Waals surface area contributed by atoms with Crippen molar-refractivity contribution in [1.82, 2.24) is 19.3 Å². The number of hydrogen-bond donors (Lipinski definition) is 1. The van der Waals surface area contributed by atoms with Gasteiger partial charge in [-0.15, -0.1) is 0 Å². The first-order chi connectivity index (χ1) is 11.7. The minimum absolute atomic E-state index is 0.751. The summed E-state index contributed by atoms with van der Waals surface area (Å²) in [5.74, 6) is 0.751. The lowest BCUT2D eigenvalue weighted by atomic mass is 10.00. The fourth-order valence-corrected chi connectivity index (χ4v) is 3.61. The Morgan fingerprint density at radius 1 is 1.25 bits per heavy atom. The summed E-state index contributed by atoms with van der Waals surface area (Å²) in [5.41, 5.74) is 10.7. The maximum Gasteiger partial charge on any atom is 0.137 e. The smallest absolute Gasteiger partial charge is 0.137 e. The third-order valence-electron chi connectivity index (χ3n) is 4.76. The second kappa shape index (κ2) is 6.24. The van der Waals surface area contributed by atoms with Crippen molar-refractivity contribution in [3.05, 3.63) is 48.4 Å². The molecule has 0 spiro atoms. The normalized spacial score (nSPS) is 19.0. The first-order valence-electron chi connectivity index (χ1n) is 8.61. The lowest BCUT2D eigenvalue weighted by molar-refractivity contribution is 0.174. The summed E-state index contributed by atoms with van der Waals surface area (Å²) in [6.07, 6.45) is 6.38. The van der Waals surface area contributed by atoms with Gasteiger partial charge in [0.15, 0.2) is 0 Å². The van der Waals surface area contributed by atoms with Crippen LogP contribution in [0.15, 0.2) is 42.7 Å². The topological polar surface area (TPSA) is 59.5 Å². The summed E-state index contributed by atoms with van der Waals surface area (Å²) >= 11 is 0. The fourth-order valence-electron chi connectivity index (χ4n) is 3.61. The third-order valence-corrected chi connectivity index (χ3v) is 4.76. The van der Waals surface area contributed by atoms with Crippen LogP contribution in [0, 0.1) is 5.92 Å². The predicted molar refractivity (Wildman–Crippen MR) is 96.5 cm³/mol. The Morgan fingerprint density at radius 3 is 2.96 bits per heavy atom. The molecule has 1 saturated heterocycles. The van der Waals surface area contributed by atoms with Crippen LogP contribution in [0.4, 0.5) is 5.69 Å². The van der Waals surface area contributed by atoms with Gasteiger partial charge in [-0.2, -0.15) is 0 Å². The summed E-state index contributed by atoms with van der Waals surface area (Å²) in [4.78, 5) is 11.9. The number of piperidine rings is 1. The van der Waals surface area contributed by atoms with Crippen molar-refractivity contribution in [1.29, 1.82) is 0 Å². The van der Waals surface area contributed by atoms with E-state index in [1.165, 1.54) is 18.5 Å². The van der Waals surface area contributed by atoms with Crippen molar-refractivity contribution in [2.24, 2.45) is 5.92 Å². The first kappa shape index (κ1) is 15.1. The molecule has 0 radical (unpaired) electrons. The second-order valence-corrected chi connectivity index (χ2v) is 6.80. The molecule has 1 aliphatic rings. The zero-order valence-electron chi connectivity index (χ0n) is 14.0. The van der Waals surface area contributed by atoms with Gasteiger partial charge in [0.25, 0.3) is 0 Å². The van der Waals surface area contributed by atoms with Gasteiger partial charge in [0, 0.05) is 31.2 Å². The van der Waals surface area contributed by atoms with Gasteiger partial charge in [0.05, 0.1) is 11.4 Å². The molecule has 3 aromatic heterocycles. The van der Waals surface area contributed by atoms with Crippen LogP contribution in [0.3, 0.4) is 0 Å². The largest absolute Gasteiger partial charge is 0.398 e. The van der Waals surface area contributed by atoms with Gasteiger partial charge in [0.2, 0.25) is 0 Å². The monoisotopic (exact) mass is 321 g/mol. The molecular weight excluding hydrogens is 298 g/mol. The predicted octanol–water partition coefficient (Wildman–Crippen LogP) is 3.21. The van der Waals surface area contributed by atoms with Crippen LogP contribution in [0.2, 0.25) is 0 Å². The van der Waals surface area contributed by atoms with Crippen LogP contribution in [0.1, 0.15) is 25.5 Å². The van der Waals surface area contributed by atoms with Crippen LogP contribution in [0.25, 0.3) is 17.0 Å². The highest BCUT2D eigenvalue weighted by molar-refractivity contribution is 5.64. The van der Waals surface area contributed by atoms with E-state index in [1.807, 2.05) is 42.7 Å². The van der Waals surface area contributed by atoms with Crippen molar-refractivity contribution in [3.63, 3.8) is 0 Å². The number of aromatic nitrogens is 3. The molecule has 1 aliphatic heterocycles. The molecule has 5 nitrogen and oxygen atoms in total. The molecule has 5 heteroatoms. The van der Waals surface area contributed by atoms with Crippen LogP contribution in [-0.2, 0) is 6.54 Å². The van der Waals surface area contributed by atoms with Gasteiger partial charge >= 0.3 is 0 Å². The van der Waals surface area contributed by atoms with E-state index in [0.29, 0.717) is 0 Å². The minimum Gasteiger partial charge on any atom is -0.398 e. The van der Waals surface area contributed by atoms with E-state index in [-0.39, 0.29) is 0 Å². The third kappa shape index (κ3) is 2.87. The molecule has 2 N–H and O–H groups in total. The Bertz CT molecular complexity index is 840. The number of pyridine rings is 2. The van der Waals surface area contributed by atoms with Crippen molar-refractivity contribution in [2.75, 3.05) is 18.8 Å². The average Bonchev–Trinajstić information content (AvgIpc) is 2.94. The van der Waals surface area contributed by atoms with Crippen molar-refractivity contribution >= 4 is 11.3 Å². The minimum atomic E-state index is 0.751. The van der Waals surface area contributed by atoms with E-state index in [2.05, 4.69) is 21.2 Å². The summed E-state index contributed by atoms with van der Waals surface area (Å²) in [5, 5.41) is 0. The molecule has 0 saturated carbocycles. The standard InChI is InChI=1S/C19H23N5/c1-14-5-4-10-23(11-14)13-17-19(16-6-2-3-9-21-16)22-18-8-7-15(20)12-24(17)18/h2-3,6-9,12,14H,4-5,10-11,13,20H2,1H3. The van der Waals surface area contributed by atoms with Crippen molar-refractivity contribution in [2.45, 2.75) is 26.3 Å². The summed E-state index contributed by atoms with van der Waals surface area (Å²) in [7, 11) is 0. The zero-order chi connectivity index (χ0) is 16.5. The highest BCUT2D eigenvalue weighted by Crippen LogP contribution is 2.26. The Hall–Kier alpha value is -2.40. The van der Waals surface area contributed by atoms with Gasteiger partial charge in [-0.3, -0.25) is 14.3 Å². The van der Waals surface area contributed by atoms with E-state index in [0.717, 1.165) is 48.3 Å². The molecule has 1 fully saturated rings. The van der Waals surface area contributed by atoms with E-state index in [1.54, 1.807) is 0 Å². The molecule has 4 heterocycles. The molecule has 1 atom stereocenters. The first-order valence-corrected chi connectivity index (χ1v) is 8.61. The summed E-state index contributed by atoms with van der Waals surface area (Å²) < 4.78 is 2.12. The quantitative estimate of drug-likeness (QED) is 0.805. The summed E-state index contributed by atoms with van der Waals surface area (Å²) in [6, 6.07) is 9.84. The molecule has 3 aromatic rings. The van der Waals surface area contributed by atoms with Crippen LogP contribution < -0.4 is 5.73 Å². The SMILES string of the molecule is CC1CCCN(Cc2c(-c3ccccn3)nc3ccc(N)cn23)C1. The lowest BCUT2D eigenvalue weighted by Crippen LogP contribution is -2.34. The Morgan fingerprint density at radius 2 is 2.17 bits per heavy atom. The lowest BCUT2D eigenvalue weighted by Gasteiger charge is -2.30. The molecule has 4 rings (SSSR count). The molecule has 124 valence electrons. The number of fused-ring (bicyclic) bond motifs is 1. The Labute approximate surface area is 142 Å². The van der Waals surface area contributed by atoms with Gasteiger partial charge in [0.1, 0.15) is 11.3 Å². The molecular formula is C19H23N5. The molecule has 24 heavy (non-hydrogen) atoms. The van der Waals surface area contributed by atoms with E-state index in [4.69, 9.17) is 10.7 Å². The summed E-state index contributed by atoms with van der Waals surface area (Å²) in [6.45, 7) is 5.48. The van der Waals surface area contributed by atoms with Gasteiger partial charge in [-0.25, -0.2) is 4.98 Å². The second-order valence-electron chi connectivity index (χ2n) is 6.80. The number of hydrogen-bond acceptors (Lipinski definition) is 4. The number of likely N-dealkylation sites (tertiary alicyclic amines) is 1. The van der Waals surface area contributed by atoms with Gasteiger partial charge in [-0.05, 0) is 49.6 Å². The maximum atomic E-state index is 6.02. The maximum absolute atomic E-state index is 6.02. The Balaban J connectivity index is 1.80. The highest BCUT2D eigenvalue weighted by Gasteiger charge is 2.21. The zero-order valence-corrected chi connectivity index (χ0v) is 14.0. The number of imidazole rings is 1. The number of anilines is 1. The molecule has 0 bridgehead atoms. The molecule has 0 amide bonds. The van der Waals surface area contributed by atoms with E-state index >= 15 is 0 Å². The van der Waals surface area contributed by atoms with Crippen LogP contribution in [-0.4, -0.2) is 32.4 Å². The molecule has 0 aromatic carbocycles. The average molecular weight is 321 g/mol. The van der Waals surface area contributed by atoms with Gasteiger partial charge < -0.3 is 5.73 Å². The van der Waals surface area contributed by atoms with E-state index < -0.39 is 0 Å². The van der Waals surface area contributed by atoms with Crippen LogP contribution >= 0.6 is 0 Å². The number of nitrogen functional groups attached to an aromatic ring is 1. The fraction of sp³-hybridized carbons (Fsp3) is 0.368.